The summed E-state index contributed by atoms with van der Waals surface area (Å²) in [4.78, 5) is 12.0. The van der Waals surface area contributed by atoms with E-state index >= 15 is 0 Å². The Morgan fingerprint density at radius 1 is 1.47 bits per heavy atom. The molecule has 0 unspecified atom stereocenters. The molecule has 1 aromatic carbocycles. The summed E-state index contributed by atoms with van der Waals surface area (Å²) in [7, 11) is 1.28. The molecular weight excluding hydrogens is 272 g/mol. The molecule has 0 aliphatic carbocycles. The Bertz CT molecular complexity index is 436. The van der Waals surface area contributed by atoms with E-state index in [2.05, 4.69) is 20.7 Å². The molecule has 0 fully saturated rings. The maximum Gasteiger partial charge on any atom is 0.482 e. The van der Waals surface area contributed by atoms with Crippen LogP contribution in [0.15, 0.2) is 22.7 Å². The average Bonchev–Trinajstić information content (AvgIpc) is 2.13. The van der Waals surface area contributed by atoms with Crippen LogP contribution in [0.2, 0.25) is 0 Å². The Morgan fingerprint density at radius 2 is 2.13 bits per heavy atom. The van der Waals surface area contributed by atoms with Crippen molar-refractivity contribution in [1.29, 1.82) is 0 Å². The Morgan fingerprint density at radius 3 is 2.80 bits per heavy atom. The van der Waals surface area contributed by atoms with Crippen molar-refractivity contribution in [1.82, 2.24) is 0 Å². The van der Waals surface area contributed by atoms with Crippen LogP contribution in [0.5, 0.6) is 5.75 Å². The SMILES string of the molecule is CN1C(=O)C(F)(F)Oc2cc(Br)ccc21. The second kappa shape index (κ2) is 3.16. The van der Waals surface area contributed by atoms with E-state index in [0.29, 0.717) is 10.2 Å². The summed E-state index contributed by atoms with van der Waals surface area (Å²) >= 11 is 3.13. The van der Waals surface area contributed by atoms with Gasteiger partial charge in [-0.1, -0.05) is 15.9 Å². The van der Waals surface area contributed by atoms with Gasteiger partial charge in [-0.3, -0.25) is 4.79 Å². The highest BCUT2D eigenvalue weighted by Crippen LogP contribution is 2.39. The average molecular weight is 278 g/mol. The molecule has 0 saturated carbocycles. The molecule has 0 aromatic heterocycles. The van der Waals surface area contributed by atoms with Crippen LogP contribution < -0.4 is 9.64 Å². The molecule has 0 N–H and O–H groups in total. The van der Waals surface area contributed by atoms with Crippen molar-refractivity contribution in [2.45, 2.75) is 6.11 Å². The normalized spacial score (nSPS) is 18.4. The van der Waals surface area contributed by atoms with Crippen LogP contribution in [0.25, 0.3) is 0 Å². The van der Waals surface area contributed by atoms with Crippen molar-refractivity contribution in [2.75, 3.05) is 11.9 Å². The quantitative estimate of drug-likeness (QED) is 0.729. The van der Waals surface area contributed by atoms with Gasteiger partial charge in [0.1, 0.15) is 0 Å². The lowest BCUT2D eigenvalue weighted by Crippen LogP contribution is -2.48. The summed E-state index contributed by atoms with van der Waals surface area (Å²) in [5, 5.41) is 0. The number of likely N-dealkylation sites (N-methyl/N-ethyl adjacent to an activating group) is 1. The molecule has 0 spiro atoms. The van der Waals surface area contributed by atoms with Gasteiger partial charge in [-0.2, -0.15) is 8.78 Å². The number of hydrogen-bond acceptors (Lipinski definition) is 2. The van der Waals surface area contributed by atoms with Crippen LogP contribution in [0.4, 0.5) is 14.5 Å². The third kappa shape index (κ3) is 1.58. The van der Waals surface area contributed by atoms with Crippen LogP contribution in [-0.2, 0) is 4.79 Å². The van der Waals surface area contributed by atoms with Gasteiger partial charge in [0, 0.05) is 11.5 Å². The fourth-order valence-electron chi connectivity index (χ4n) is 1.33. The maximum atomic E-state index is 13.0. The highest BCUT2D eigenvalue weighted by atomic mass is 79.9. The van der Waals surface area contributed by atoms with E-state index in [1.165, 1.54) is 19.2 Å². The van der Waals surface area contributed by atoms with Gasteiger partial charge in [0.25, 0.3) is 0 Å². The van der Waals surface area contributed by atoms with Gasteiger partial charge in [-0.25, -0.2) is 0 Å². The van der Waals surface area contributed by atoms with Crippen molar-refractivity contribution >= 4 is 27.5 Å². The van der Waals surface area contributed by atoms with Gasteiger partial charge in [0.15, 0.2) is 5.75 Å². The van der Waals surface area contributed by atoms with Crippen LogP contribution in [0, 0.1) is 0 Å². The first-order valence-corrected chi connectivity index (χ1v) is 4.85. The minimum absolute atomic E-state index is 0.0172. The highest BCUT2D eigenvalue weighted by molar-refractivity contribution is 9.10. The molecular formula is C9H6BrF2NO2. The number of ether oxygens (including phenoxy) is 1. The number of alkyl halides is 2. The standard InChI is InChI=1S/C9H6BrF2NO2/c1-13-6-3-2-5(10)4-7(6)15-9(11,12)8(13)14/h2-4H,1H3. The number of carbonyl (C=O) groups is 1. The van der Waals surface area contributed by atoms with Crippen LogP contribution in [-0.4, -0.2) is 19.1 Å². The first-order chi connectivity index (χ1) is 6.92. The minimum Gasteiger partial charge on any atom is -0.423 e. The largest absolute Gasteiger partial charge is 0.482 e. The molecule has 2 rings (SSSR count). The molecule has 1 aromatic rings. The number of anilines is 1. The van der Waals surface area contributed by atoms with Gasteiger partial charge in [-0.05, 0) is 18.2 Å². The van der Waals surface area contributed by atoms with E-state index in [-0.39, 0.29) is 5.75 Å². The smallest absolute Gasteiger partial charge is 0.423 e. The van der Waals surface area contributed by atoms with Crippen LogP contribution in [0.1, 0.15) is 0 Å². The fourth-order valence-corrected chi connectivity index (χ4v) is 1.67. The third-order valence-electron chi connectivity index (χ3n) is 2.07. The number of amides is 1. The lowest BCUT2D eigenvalue weighted by molar-refractivity contribution is -0.192. The summed E-state index contributed by atoms with van der Waals surface area (Å²) in [6.07, 6.45) is -3.79. The predicted octanol–water partition coefficient (Wildman–Crippen LogP) is 2.40. The summed E-state index contributed by atoms with van der Waals surface area (Å²) in [6, 6.07) is 4.58. The molecule has 15 heavy (non-hydrogen) atoms. The van der Waals surface area contributed by atoms with Crippen LogP contribution >= 0.6 is 15.9 Å². The van der Waals surface area contributed by atoms with Crippen molar-refractivity contribution < 1.29 is 18.3 Å². The molecule has 1 amide bonds. The van der Waals surface area contributed by atoms with Crippen molar-refractivity contribution in [3.05, 3.63) is 22.7 Å². The van der Waals surface area contributed by atoms with Gasteiger partial charge >= 0.3 is 12.0 Å². The van der Waals surface area contributed by atoms with Crippen LogP contribution in [0.3, 0.4) is 0 Å². The number of fused-ring (bicyclic) bond motifs is 1. The Labute approximate surface area is 92.8 Å². The second-order valence-electron chi connectivity index (χ2n) is 3.10. The lowest BCUT2D eigenvalue weighted by atomic mass is 10.2. The summed E-state index contributed by atoms with van der Waals surface area (Å²) < 4.78 is 31.0. The zero-order valence-corrected chi connectivity index (χ0v) is 9.22. The molecule has 80 valence electrons. The van der Waals surface area contributed by atoms with E-state index in [9.17, 15) is 13.6 Å². The second-order valence-corrected chi connectivity index (χ2v) is 4.01. The number of nitrogens with zero attached hydrogens (tertiary/aromatic N) is 1. The monoisotopic (exact) mass is 277 g/mol. The molecule has 1 heterocycles. The highest BCUT2D eigenvalue weighted by Gasteiger charge is 2.49. The zero-order valence-electron chi connectivity index (χ0n) is 7.63. The van der Waals surface area contributed by atoms with E-state index in [4.69, 9.17) is 0 Å². The maximum absolute atomic E-state index is 13.0. The van der Waals surface area contributed by atoms with E-state index in [1.807, 2.05) is 0 Å². The number of hydrogen-bond donors (Lipinski definition) is 0. The summed E-state index contributed by atoms with van der Waals surface area (Å²) in [5.41, 5.74) is 0.328. The van der Waals surface area contributed by atoms with Gasteiger partial charge in [0.2, 0.25) is 0 Å². The molecule has 0 radical (unpaired) electrons. The Balaban J connectivity index is 2.55. The first kappa shape index (κ1) is 10.4. The number of carbonyl (C=O) groups excluding carboxylic acids is 1. The molecule has 0 bridgehead atoms. The molecule has 0 saturated heterocycles. The van der Waals surface area contributed by atoms with Crippen molar-refractivity contribution in [2.24, 2.45) is 0 Å². The van der Waals surface area contributed by atoms with Crippen molar-refractivity contribution in [3.63, 3.8) is 0 Å². The van der Waals surface area contributed by atoms with E-state index in [1.54, 1.807) is 6.07 Å². The minimum atomic E-state index is -3.79. The van der Waals surface area contributed by atoms with Gasteiger partial charge in [0.05, 0.1) is 5.69 Å². The summed E-state index contributed by atoms with van der Waals surface area (Å²) in [6.45, 7) is 0. The topological polar surface area (TPSA) is 29.5 Å². The van der Waals surface area contributed by atoms with E-state index in [0.717, 1.165) is 4.90 Å². The Hall–Kier alpha value is -1.17. The van der Waals surface area contributed by atoms with E-state index < -0.39 is 12.0 Å². The Kier molecular flexibility index (Phi) is 2.18. The number of halogens is 3. The summed E-state index contributed by atoms with van der Waals surface area (Å²) in [5.74, 6) is -1.38. The fraction of sp³-hybridized carbons (Fsp3) is 0.222. The van der Waals surface area contributed by atoms with Crippen molar-refractivity contribution in [3.8, 4) is 5.75 Å². The molecule has 1 aliphatic heterocycles. The lowest BCUT2D eigenvalue weighted by Gasteiger charge is -2.30. The number of benzene rings is 1. The first-order valence-electron chi connectivity index (χ1n) is 4.06. The van der Waals surface area contributed by atoms with Gasteiger partial charge < -0.3 is 9.64 Å². The number of rotatable bonds is 0. The molecule has 3 nitrogen and oxygen atoms in total. The van der Waals surface area contributed by atoms with Gasteiger partial charge in [-0.15, -0.1) is 0 Å². The predicted molar refractivity (Wildman–Crippen MR) is 53.1 cm³/mol. The molecule has 6 heteroatoms. The third-order valence-corrected chi connectivity index (χ3v) is 2.57. The molecule has 1 aliphatic rings. The molecule has 0 atom stereocenters. The zero-order chi connectivity index (χ0) is 11.2.